The number of nitrogens with zero attached hydrogens (tertiary/aromatic N) is 3. The molecule has 5 nitrogen and oxygen atoms in total. The third-order valence-electron chi connectivity index (χ3n) is 2.91. The van der Waals surface area contributed by atoms with E-state index < -0.39 is 0 Å². The van der Waals surface area contributed by atoms with Gasteiger partial charge in [0, 0.05) is 29.8 Å². The van der Waals surface area contributed by atoms with Crippen molar-refractivity contribution in [2.24, 2.45) is 0 Å². The first-order valence-corrected chi connectivity index (χ1v) is 6.00. The van der Waals surface area contributed by atoms with Crippen LogP contribution in [0.4, 0.5) is 5.82 Å². The van der Waals surface area contributed by atoms with Crippen molar-refractivity contribution in [3.8, 4) is 0 Å². The molecule has 96 valence electrons. The fourth-order valence-electron chi connectivity index (χ4n) is 1.86. The molecule has 0 radical (unpaired) electrons. The van der Waals surface area contributed by atoms with Crippen LogP contribution in [0.1, 0.15) is 31.3 Å². The van der Waals surface area contributed by atoms with Gasteiger partial charge in [0.15, 0.2) is 0 Å². The van der Waals surface area contributed by atoms with Crippen molar-refractivity contribution in [2.75, 3.05) is 5.43 Å². The Labute approximate surface area is 106 Å². The third-order valence-corrected chi connectivity index (χ3v) is 2.91. The SMILES string of the molecule is Cc1ccc(C)n1Nc1nccn(C(C)C)c1=O. The van der Waals surface area contributed by atoms with Crippen LogP contribution >= 0.6 is 0 Å². The number of hydrogen-bond acceptors (Lipinski definition) is 3. The first-order valence-electron chi connectivity index (χ1n) is 6.00. The average Bonchev–Trinajstić information content (AvgIpc) is 2.63. The molecule has 0 unspecified atom stereocenters. The van der Waals surface area contributed by atoms with Gasteiger partial charge in [-0.3, -0.25) is 14.9 Å². The highest BCUT2D eigenvalue weighted by atomic mass is 16.1. The smallest absolute Gasteiger partial charge is 0.295 e. The Bertz CT molecular complexity index is 590. The van der Waals surface area contributed by atoms with Crippen LogP contribution in [0.2, 0.25) is 0 Å². The molecule has 1 N–H and O–H groups in total. The van der Waals surface area contributed by atoms with E-state index in [9.17, 15) is 4.79 Å². The van der Waals surface area contributed by atoms with E-state index in [1.54, 1.807) is 17.0 Å². The maximum atomic E-state index is 12.2. The van der Waals surface area contributed by atoms with E-state index in [1.807, 2.05) is 44.5 Å². The topological polar surface area (TPSA) is 51.9 Å². The molecule has 0 saturated heterocycles. The van der Waals surface area contributed by atoms with Crippen molar-refractivity contribution in [2.45, 2.75) is 33.7 Å². The summed E-state index contributed by atoms with van der Waals surface area (Å²) in [6.45, 7) is 7.89. The van der Waals surface area contributed by atoms with E-state index in [0.717, 1.165) is 11.4 Å². The fourth-order valence-corrected chi connectivity index (χ4v) is 1.86. The number of anilines is 1. The fraction of sp³-hybridized carbons (Fsp3) is 0.385. The Morgan fingerprint density at radius 2 is 1.83 bits per heavy atom. The molecular formula is C13H18N4O. The van der Waals surface area contributed by atoms with Gasteiger partial charge in [-0.25, -0.2) is 4.98 Å². The maximum absolute atomic E-state index is 12.2. The van der Waals surface area contributed by atoms with Crippen LogP contribution in [0.25, 0.3) is 0 Å². The summed E-state index contributed by atoms with van der Waals surface area (Å²) < 4.78 is 3.51. The van der Waals surface area contributed by atoms with Gasteiger partial charge in [0.2, 0.25) is 5.82 Å². The molecule has 0 aromatic carbocycles. The van der Waals surface area contributed by atoms with Crippen molar-refractivity contribution in [1.29, 1.82) is 0 Å². The molecule has 0 aliphatic rings. The van der Waals surface area contributed by atoms with Crippen molar-refractivity contribution >= 4 is 5.82 Å². The summed E-state index contributed by atoms with van der Waals surface area (Å²) in [7, 11) is 0. The van der Waals surface area contributed by atoms with E-state index >= 15 is 0 Å². The summed E-state index contributed by atoms with van der Waals surface area (Å²) in [4.78, 5) is 16.3. The molecule has 0 bridgehead atoms. The van der Waals surface area contributed by atoms with Gasteiger partial charge < -0.3 is 4.57 Å². The number of aryl methyl sites for hydroxylation is 2. The van der Waals surface area contributed by atoms with Crippen LogP contribution in [-0.2, 0) is 0 Å². The zero-order valence-electron chi connectivity index (χ0n) is 11.1. The third kappa shape index (κ3) is 2.16. The molecule has 2 aromatic rings. The van der Waals surface area contributed by atoms with Crippen molar-refractivity contribution in [1.82, 2.24) is 14.2 Å². The molecule has 2 aromatic heterocycles. The zero-order valence-corrected chi connectivity index (χ0v) is 11.1. The highest BCUT2D eigenvalue weighted by Gasteiger charge is 2.09. The minimum Gasteiger partial charge on any atom is -0.308 e. The molecule has 0 aliphatic heterocycles. The van der Waals surface area contributed by atoms with Crippen molar-refractivity contribution < 1.29 is 0 Å². The van der Waals surface area contributed by atoms with Gasteiger partial charge in [0.25, 0.3) is 5.56 Å². The Morgan fingerprint density at radius 3 is 2.39 bits per heavy atom. The summed E-state index contributed by atoms with van der Waals surface area (Å²) in [5.74, 6) is 0.341. The second-order valence-electron chi connectivity index (χ2n) is 4.65. The maximum Gasteiger partial charge on any atom is 0.295 e. The van der Waals surface area contributed by atoms with E-state index in [2.05, 4.69) is 10.4 Å². The molecule has 2 rings (SSSR count). The van der Waals surface area contributed by atoms with Gasteiger partial charge in [-0.2, -0.15) is 0 Å². The van der Waals surface area contributed by atoms with Crippen LogP contribution in [0, 0.1) is 13.8 Å². The van der Waals surface area contributed by atoms with Gasteiger partial charge in [-0.1, -0.05) is 0 Å². The first-order chi connectivity index (χ1) is 8.50. The average molecular weight is 246 g/mol. The lowest BCUT2D eigenvalue weighted by Gasteiger charge is -2.14. The first kappa shape index (κ1) is 12.4. The summed E-state index contributed by atoms with van der Waals surface area (Å²) in [6.07, 6.45) is 3.34. The van der Waals surface area contributed by atoms with Crippen LogP contribution in [-0.4, -0.2) is 14.2 Å². The minimum atomic E-state index is -0.111. The molecule has 0 saturated carbocycles. The molecule has 0 spiro atoms. The van der Waals surface area contributed by atoms with Gasteiger partial charge in [-0.05, 0) is 39.8 Å². The number of nitrogens with one attached hydrogen (secondary N) is 1. The molecular weight excluding hydrogens is 228 g/mol. The van der Waals surface area contributed by atoms with Crippen molar-refractivity contribution in [3.63, 3.8) is 0 Å². The summed E-state index contributed by atoms with van der Waals surface area (Å²) in [5, 5.41) is 0. The van der Waals surface area contributed by atoms with Gasteiger partial charge in [0.1, 0.15) is 0 Å². The van der Waals surface area contributed by atoms with Crippen molar-refractivity contribution in [3.05, 3.63) is 46.3 Å². The molecule has 2 heterocycles. The molecule has 0 amide bonds. The predicted octanol–water partition coefficient (Wildman–Crippen LogP) is 2.12. The second-order valence-corrected chi connectivity index (χ2v) is 4.65. The van der Waals surface area contributed by atoms with Gasteiger partial charge >= 0.3 is 0 Å². The number of rotatable bonds is 3. The number of aromatic nitrogens is 3. The standard InChI is InChI=1S/C13H18N4O/c1-9(2)16-8-7-14-12(13(16)18)15-17-10(3)5-6-11(17)4/h5-9H,1-4H3,(H,14,15). The normalized spacial score (nSPS) is 10.9. The Balaban J connectivity index is 2.42. The van der Waals surface area contributed by atoms with Gasteiger partial charge in [0.05, 0.1) is 0 Å². The quantitative estimate of drug-likeness (QED) is 0.902. The highest BCUT2D eigenvalue weighted by molar-refractivity contribution is 5.33. The van der Waals surface area contributed by atoms with Crippen LogP contribution < -0.4 is 11.0 Å². The van der Waals surface area contributed by atoms with E-state index in [-0.39, 0.29) is 11.6 Å². The van der Waals surface area contributed by atoms with Crippen LogP contribution in [0.15, 0.2) is 29.3 Å². The van der Waals surface area contributed by atoms with E-state index in [0.29, 0.717) is 5.82 Å². The molecule has 5 heteroatoms. The zero-order chi connectivity index (χ0) is 13.3. The summed E-state index contributed by atoms with van der Waals surface area (Å²) >= 11 is 0. The molecule has 18 heavy (non-hydrogen) atoms. The lowest BCUT2D eigenvalue weighted by Crippen LogP contribution is -2.28. The molecule has 0 aliphatic carbocycles. The number of hydrogen-bond donors (Lipinski definition) is 1. The van der Waals surface area contributed by atoms with Gasteiger partial charge in [-0.15, -0.1) is 0 Å². The van der Waals surface area contributed by atoms with E-state index in [1.165, 1.54) is 0 Å². The van der Waals surface area contributed by atoms with E-state index in [4.69, 9.17) is 0 Å². The predicted molar refractivity (Wildman–Crippen MR) is 71.8 cm³/mol. The lowest BCUT2D eigenvalue weighted by atomic mass is 10.4. The summed E-state index contributed by atoms with van der Waals surface area (Å²) in [6, 6.07) is 4.10. The molecule has 0 atom stereocenters. The Morgan fingerprint density at radius 1 is 1.22 bits per heavy atom. The monoisotopic (exact) mass is 246 g/mol. The van der Waals surface area contributed by atoms with Crippen LogP contribution in [0.3, 0.4) is 0 Å². The molecule has 0 fully saturated rings. The lowest BCUT2D eigenvalue weighted by molar-refractivity contribution is 0.574. The largest absolute Gasteiger partial charge is 0.308 e. The summed E-state index contributed by atoms with van der Waals surface area (Å²) in [5.41, 5.74) is 5.02. The minimum absolute atomic E-state index is 0.111. The Hall–Kier alpha value is -2.04. The second kappa shape index (κ2) is 4.68. The highest BCUT2D eigenvalue weighted by Crippen LogP contribution is 2.07. The van der Waals surface area contributed by atoms with Crippen LogP contribution in [0.5, 0.6) is 0 Å². The Kier molecular flexibility index (Phi) is 3.23.